The van der Waals surface area contributed by atoms with Gasteiger partial charge < -0.3 is 4.90 Å². The van der Waals surface area contributed by atoms with E-state index < -0.39 is 10.0 Å². The van der Waals surface area contributed by atoms with Gasteiger partial charge in [0.25, 0.3) is 0 Å². The number of rotatable bonds is 4. The van der Waals surface area contributed by atoms with Crippen LogP contribution in [0.1, 0.15) is 32.6 Å². The lowest BCUT2D eigenvalue weighted by molar-refractivity contribution is -0.134. The third-order valence-electron chi connectivity index (χ3n) is 4.25. The van der Waals surface area contributed by atoms with E-state index in [2.05, 4.69) is 16.5 Å². The maximum Gasteiger partial charge on any atom is 0.236 e. The van der Waals surface area contributed by atoms with Crippen LogP contribution in [0.25, 0.3) is 0 Å². The number of hydrogen-bond donors (Lipinski definition) is 1. The Morgan fingerprint density at radius 2 is 1.90 bits per heavy atom. The summed E-state index contributed by atoms with van der Waals surface area (Å²) < 4.78 is 25.3. The summed E-state index contributed by atoms with van der Waals surface area (Å²) in [5.74, 6) is 0.769. The fourth-order valence-corrected chi connectivity index (χ4v) is 4.10. The van der Waals surface area contributed by atoms with Crippen LogP contribution >= 0.6 is 0 Å². The molecule has 0 saturated carbocycles. The summed E-state index contributed by atoms with van der Waals surface area (Å²) in [6, 6.07) is -0.0678. The van der Waals surface area contributed by atoms with E-state index in [1.807, 2.05) is 4.90 Å². The number of hydrogen-bond acceptors (Lipinski definition) is 4. The quantitative estimate of drug-likeness (QED) is 0.807. The largest absolute Gasteiger partial charge is 0.341 e. The normalized spacial score (nSPS) is 28.6. The lowest BCUT2D eigenvalue weighted by atomic mass is 10.00. The van der Waals surface area contributed by atoms with Crippen molar-refractivity contribution in [1.82, 2.24) is 14.5 Å². The first kappa shape index (κ1) is 16.7. The minimum absolute atomic E-state index is 0.0678. The minimum Gasteiger partial charge on any atom is -0.341 e. The zero-order valence-corrected chi connectivity index (χ0v) is 13.9. The van der Waals surface area contributed by atoms with Crippen molar-refractivity contribution in [2.75, 3.05) is 39.0 Å². The van der Waals surface area contributed by atoms with Gasteiger partial charge in [-0.3, -0.25) is 9.69 Å². The zero-order valence-electron chi connectivity index (χ0n) is 13.0. The highest BCUT2D eigenvalue weighted by molar-refractivity contribution is 7.88. The highest BCUT2D eigenvalue weighted by Crippen LogP contribution is 2.16. The second-order valence-corrected chi connectivity index (χ2v) is 8.33. The van der Waals surface area contributed by atoms with E-state index in [1.165, 1.54) is 12.7 Å². The summed E-state index contributed by atoms with van der Waals surface area (Å²) in [4.78, 5) is 16.4. The molecule has 0 aromatic heterocycles. The smallest absolute Gasteiger partial charge is 0.236 e. The molecule has 2 fully saturated rings. The van der Waals surface area contributed by atoms with Gasteiger partial charge in [0.15, 0.2) is 0 Å². The molecule has 122 valence electrons. The summed E-state index contributed by atoms with van der Waals surface area (Å²) in [6.45, 7) is 5.82. The Morgan fingerprint density at radius 1 is 1.19 bits per heavy atom. The second-order valence-electron chi connectivity index (χ2n) is 6.55. The third-order valence-corrected chi connectivity index (χ3v) is 5.02. The topological polar surface area (TPSA) is 69.7 Å². The number of piperidine rings is 2. The fraction of sp³-hybridized carbons (Fsp3) is 0.929. The fourth-order valence-electron chi connectivity index (χ4n) is 3.31. The molecule has 2 atom stereocenters. The Morgan fingerprint density at radius 3 is 2.57 bits per heavy atom. The van der Waals surface area contributed by atoms with Crippen molar-refractivity contribution in [3.8, 4) is 0 Å². The number of amides is 1. The van der Waals surface area contributed by atoms with Gasteiger partial charge in [0, 0.05) is 25.7 Å². The van der Waals surface area contributed by atoms with Crippen LogP contribution in [0.2, 0.25) is 0 Å². The maximum atomic E-state index is 12.3. The highest BCUT2D eigenvalue weighted by Gasteiger charge is 2.26. The van der Waals surface area contributed by atoms with Gasteiger partial charge in [-0.05, 0) is 38.1 Å². The van der Waals surface area contributed by atoms with Crippen molar-refractivity contribution in [3.05, 3.63) is 0 Å². The van der Waals surface area contributed by atoms with Crippen LogP contribution in [0.15, 0.2) is 0 Å². The molecule has 1 N–H and O–H groups in total. The second kappa shape index (κ2) is 7.07. The molecule has 0 aromatic carbocycles. The molecule has 0 aliphatic carbocycles. The van der Waals surface area contributed by atoms with Gasteiger partial charge in [0.2, 0.25) is 15.9 Å². The van der Waals surface area contributed by atoms with Gasteiger partial charge in [0.05, 0.1) is 12.8 Å². The van der Waals surface area contributed by atoms with Crippen LogP contribution in [0.4, 0.5) is 0 Å². The molecule has 2 unspecified atom stereocenters. The predicted molar refractivity (Wildman–Crippen MR) is 82.4 cm³/mol. The van der Waals surface area contributed by atoms with Crippen molar-refractivity contribution < 1.29 is 13.2 Å². The first-order valence-corrected chi connectivity index (χ1v) is 9.70. The Labute approximate surface area is 127 Å². The van der Waals surface area contributed by atoms with Crippen LogP contribution in [-0.2, 0) is 14.8 Å². The summed E-state index contributed by atoms with van der Waals surface area (Å²) in [5.41, 5.74) is 0. The van der Waals surface area contributed by atoms with Gasteiger partial charge in [-0.25, -0.2) is 13.1 Å². The summed E-state index contributed by atoms with van der Waals surface area (Å²) in [7, 11) is -3.18. The summed E-state index contributed by atoms with van der Waals surface area (Å²) in [6.07, 6.45) is 5.25. The first-order valence-electron chi connectivity index (χ1n) is 7.81. The molecule has 2 heterocycles. The van der Waals surface area contributed by atoms with Gasteiger partial charge >= 0.3 is 0 Å². The number of likely N-dealkylation sites (tertiary alicyclic amines) is 2. The molecule has 0 spiro atoms. The van der Waals surface area contributed by atoms with E-state index in [-0.39, 0.29) is 11.9 Å². The zero-order chi connectivity index (χ0) is 15.5. The molecular formula is C14H27N3O3S. The van der Waals surface area contributed by atoms with Crippen molar-refractivity contribution >= 4 is 15.9 Å². The molecule has 2 saturated heterocycles. The molecule has 0 bridgehead atoms. The number of carbonyl (C=O) groups is 1. The van der Waals surface area contributed by atoms with Crippen molar-refractivity contribution in [2.24, 2.45) is 5.92 Å². The minimum atomic E-state index is -3.18. The Hall–Kier alpha value is -0.660. The molecule has 2 aliphatic rings. The average molecular weight is 317 g/mol. The lowest BCUT2D eigenvalue weighted by Gasteiger charge is -2.36. The van der Waals surface area contributed by atoms with Crippen LogP contribution < -0.4 is 4.72 Å². The maximum absolute atomic E-state index is 12.3. The first-order chi connectivity index (χ1) is 9.83. The SMILES string of the molecule is CC1CCCN(C(=O)CN2CCCC(NS(C)(=O)=O)C2)C1. The number of carbonyl (C=O) groups excluding carboxylic acids is 1. The number of sulfonamides is 1. The molecule has 6 nitrogen and oxygen atoms in total. The predicted octanol–water partition coefficient (Wildman–Crippen LogP) is 0.259. The van der Waals surface area contributed by atoms with E-state index in [0.717, 1.165) is 38.9 Å². The van der Waals surface area contributed by atoms with E-state index in [4.69, 9.17) is 0 Å². The highest BCUT2D eigenvalue weighted by atomic mass is 32.2. The Bertz CT molecular complexity index is 466. The number of nitrogens with one attached hydrogen (secondary N) is 1. The van der Waals surface area contributed by atoms with Crippen molar-refractivity contribution in [2.45, 2.75) is 38.6 Å². The molecular weight excluding hydrogens is 290 g/mol. The molecule has 7 heteroatoms. The van der Waals surface area contributed by atoms with E-state index in [1.54, 1.807) is 0 Å². The van der Waals surface area contributed by atoms with Gasteiger partial charge in [-0.2, -0.15) is 0 Å². The van der Waals surface area contributed by atoms with E-state index in [0.29, 0.717) is 19.0 Å². The van der Waals surface area contributed by atoms with Crippen molar-refractivity contribution in [3.63, 3.8) is 0 Å². The summed E-state index contributed by atoms with van der Waals surface area (Å²) >= 11 is 0. The molecule has 0 aromatic rings. The molecule has 21 heavy (non-hydrogen) atoms. The Balaban J connectivity index is 1.83. The standard InChI is InChI=1S/C14H27N3O3S/c1-12-5-3-8-17(9-12)14(18)11-16-7-4-6-13(10-16)15-21(2,19)20/h12-13,15H,3-11H2,1-2H3. The molecule has 1 amide bonds. The van der Waals surface area contributed by atoms with Crippen LogP contribution in [-0.4, -0.2) is 69.1 Å². The van der Waals surface area contributed by atoms with Gasteiger partial charge in [-0.15, -0.1) is 0 Å². The Kier molecular flexibility index (Phi) is 5.62. The van der Waals surface area contributed by atoms with E-state index >= 15 is 0 Å². The third kappa shape index (κ3) is 5.56. The van der Waals surface area contributed by atoms with E-state index in [9.17, 15) is 13.2 Å². The monoisotopic (exact) mass is 317 g/mol. The van der Waals surface area contributed by atoms with Crippen molar-refractivity contribution in [1.29, 1.82) is 0 Å². The van der Waals surface area contributed by atoms with Crippen LogP contribution in [0.3, 0.4) is 0 Å². The molecule has 0 radical (unpaired) electrons. The van der Waals surface area contributed by atoms with Crippen LogP contribution in [0.5, 0.6) is 0 Å². The molecule has 2 rings (SSSR count). The number of nitrogens with zero attached hydrogens (tertiary/aromatic N) is 2. The lowest BCUT2D eigenvalue weighted by Crippen LogP contribution is -2.51. The van der Waals surface area contributed by atoms with Gasteiger partial charge in [0.1, 0.15) is 0 Å². The van der Waals surface area contributed by atoms with Gasteiger partial charge in [-0.1, -0.05) is 6.92 Å². The van der Waals surface area contributed by atoms with Crippen LogP contribution in [0, 0.1) is 5.92 Å². The average Bonchev–Trinajstić information content (AvgIpc) is 2.37. The molecule has 2 aliphatic heterocycles. The summed E-state index contributed by atoms with van der Waals surface area (Å²) in [5, 5.41) is 0.